The molecule has 1 aromatic rings. The van der Waals surface area contributed by atoms with E-state index in [1.165, 1.54) is 18.5 Å². The number of anilines is 1. The Bertz CT molecular complexity index is 413. The Morgan fingerprint density at radius 1 is 1.14 bits per heavy atom. The maximum absolute atomic E-state index is 6.03. The van der Waals surface area contributed by atoms with Gasteiger partial charge in [0.1, 0.15) is 0 Å². The second kappa shape index (κ2) is 8.02. The SMILES string of the molecule is CCCC(C)C(CN)N1CCN(c2ccc(Cl)cc2)CC1. The standard InChI is InChI=1S/C17H28ClN3/c1-3-4-14(2)17(13-19)21-11-9-20(10-12-21)16-7-5-15(18)6-8-16/h5-8,14,17H,3-4,9-13,19H2,1-2H3. The van der Waals surface area contributed by atoms with Crippen LogP contribution >= 0.6 is 11.6 Å². The minimum Gasteiger partial charge on any atom is -0.369 e. The van der Waals surface area contributed by atoms with E-state index in [0.717, 1.165) is 37.7 Å². The van der Waals surface area contributed by atoms with Crippen molar-refractivity contribution in [1.82, 2.24) is 4.90 Å². The lowest BCUT2D eigenvalue weighted by Crippen LogP contribution is -2.54. The summed E-state index contributed by atoms with van der Waals surface area (Å²) in [6.45, 7) is 9.68. The topological polar surface area (TPSA) is 32.5 Å². The number of hydrogen-bond donors (Lipinski definition) is 1. The van der Waals surface area contributed by atoms with E-state index in [9.17, 15) is 0 Å². The Labute approximate surface area is 134 Å². The van der Waals surface area contributed by atoms with E-state index in [-0.39, 0.29) is 0 Å². The zero-order chi connectivity index (χ0) is 15.2. The summed E-state index contributed by atoms with van der Waals surface area (Å²) in [5.74, 6) is 0.682. The molecule has 3 nitrogen and oxygen atoms in total. The fourth-order valence-corrected chi connectivity index (χ4v) is 3.48. The van der Waals surface area contributed by atoms with Gasteiger partial charge < -0.3 is 10.6 Å². The van der Waals surface area contributed by atoms with Gasteiger partial charge in [-0.15, -0.1) is 0 Å². The fraction of sp³-hybridized carbons (Fsp3) is 0.647. The Hall–Kier alpha value is -0.770. The van der Waals surface area contributed by atoms with Crippen LogP contribution in [0, 0.1) is 5.92 Å². The molecule has 2 rings (SSSR count). The first-order valence-electron chi connectivity index (χ1n) is 8.10. The quantitative estimate of drug-likeness (QED) is 0.875. The lowest BCUT2D eigenvalue weighted by molar-refractivity contribution is 0.139. The Morgan fingerprint density at radius 2 is 1.76 bits per heavy atom. The van der Waals surface area contributed by atoms with Crippen molar-refractivity contribution in [2.45, 2.75) is 32.7 Å². The third-order valence-electron chi connectivity index (χ3n) is 4.62. The molecular formula is C17H28ClN3. The minimum atomic E-state index is 0.525. The van der Waals surface area contributed by atoms with Crippen LogP contribution < -0.4 is 10.6 Å². The summed E-state index contributed by atoms with van der Waals surface area (Å²) < 4.78 is 0. The van der Waals surface area contributed by atoms with Crippen molar-refractivity contribution < 1.29 is 0 Å². The van der Waals surface area contributed by atoms with Crippen LogP contribution in [0.2, 0.25) is 5.02 Å². The van der Waals surface area contributed by atoms with Gasteiger partial charge in [-0.05, 0) is 36.6 Å². The van der Waals surface area contributed by atoms with Gasteiger partial charge in [0.2, 0.25) is 0 Å². The molecule has 118 valence electrons. The number of hydrogen-bond acceptors (Lipinski definition) is 3. The van der Waals surface area contributed by atoms with Gasteiger partial charge in [0.15, 0.2) is 0 Å². The number of nitrogens with zero attached hydrogens (tertiary/aromatic N) is 2. The van der Waals surface area contributed by atoms with E-state index < -0.39 is 0 Å². The summed E-state index contributed by atoms with van der Waals surface area (Å²) in [6.07, 6.45) is 2.50. The van der Waals surface area contributed by atoms with Gasteiger partial charge in [-0.3, -0.25) is 4.90 Å². The van der Waals surface area contributed by atoms with Gasteiger partial charge >= 0.3 is 0 Å². The Kier molecular flexibility index (Phi) is 6.34. The number of piperazine rings is 1. The normalized spacial score (nSPS) is 19.5. The van der Waals surface area contributed by atoms with Crippen molar-refractivity contribution in [2.24, 2.45) is 11.7 Å². The lowest BCUT2D eigenvalue weighted by Gasteiger charge is -2.42. The average Bonchev–Trinajstić information content (AvgIpc) is 2.50. The van der Waals surface area contributed by atoms with Crippen LogP contribution in [-0.4, -0.2) is 43.7 Å². The number of halogens is 1. The molecule has 2 unspecified atom stereocenters. The van der Waals surface area contributed by atoms with Crippen molar-refractivity contribution in [3.8, 4) is 0 Å². The van der Waals surface area contributed by atoms with Crippen molar-refractivity contribution in [3.63, 3.8) is 0 Å². The lowest BCUT2D eigenvalue weighted by atomic mass is 9.95. The number of nitrogens with two attached hydrogens (primary N) is 1. The van der Waals surface area contributed by atoms with Crippen molar-refractivity contribution in [1.29, 1.82) is 0 Å². The van der Waals surface area contributed by atoms with E-state index >= 15 is 0 Å². The molecule has 0 bridgehead atoms. The van der Waals surface area contributed by atoms with E-state index in [4.69, 9.17) is 17.3 Å². The van der Waals surface area contributed by atoms with Crippen LogP contribution in [0.5, 0.6) is 0 Å². The summed E-state index contributed by atoms with van der Waals surface area (Å²) in [5, 5.41) is 0.800. The molecule has 0 radical (unpaired) electrons. The van der Waals surface area contributed by atoms with Gasteiger partial charge in [0, 0.05) is 49.5 Å². The smallest absolute Gasteiger partial charge is 0.0407 e. The highest BCUT2D eigenvalue weighted by atomic mass is 35.5. The molecule has 2 atom stereocenters. The van der Waals surface area contributed by atoms with Crippen LogP contribution in [0.4, 0.5) is 5.69 Å². The number of rotatable bonds is 6. The summed E-state index contributed by atoms with van der Waals surface area (Å²) in [6, 6.07) is 8.68. The van der Waals surface area contributed by atoms with Crippen LogP contribution in [0.3, 0.4) is 0 Å². The van der Waals surface area contributed by atoms with Crippen molar-refractivity contribution in [3.05, 3.63) is 29.3 Å². The van der Waals surface area contributed by atoms with Gasteiger partial charge in [0.05, 0.1) is 0 Å². The van der Waals surface area contributed by atoms with Crippen LogP contribution in [0.1, 0.15) is 26.7 Å². The molecule has 1 heterocycles. The van der Waals surface area contributed by atoms with E-state index in [2.05, 4.69) is 35.8 Å². The molecule has 0 spiro atoms. The van der Waals surface area contributed by atoms with E-state index in [0.29, 0.717) is 12.0 Å². The molecule has 0 aromatic heterocycles. The minimum absolute atomic E-state index is 0.525. The second-order valence-electron chi connectivity index (χ2n) is 6.07. The predicted octanol–water partition coefficient (Wildman–Crippen LogP) is 3.23. The molecule has 1 aliphatic heterocycles. The third kappa shape index (κ3) is 4.35. The molecule has 1 saturated heterocycles. The highest BCUT2D eigenvalue weighted by Crippen LogP contribution is 2.22. The average molecular weight is 310 g/mol. The van der Waals surface area contributed by atoms with Crippen molar-refractivity contribution in [2.75, 3.05) is 37.6 Å². The zero-order valence-corrected chi connectivity index (χ0v) is 14.0. The van der Waals surface area contributed by atoms with Gasteiger partial charge in [0.25, 0.3) is 0 Å². The molecule has 4 heteroatoms. The van der Waals surface area contributed by atoms with E-state index in [1.54, 1.807) is 0 Å². The summed E-state index contributed by atoms with van der Waals surface area (Å²) in [7, 11) is 0. The Morgan fingerprint density at radius 3 is 2.29 bits per heavy atom. The highest BCUT2D eigenvalue weighted by molar-refractivity contribution is 6.30. The van der Waals surface area contributed by atoms with E-state index in [1.807, 2.05) is 12.1 Å². The first-order chi connectivity index (χ1) is 10.2. The molecule has 1 fully saturated rings. The molecule has 0 aliphatic carbocycles. The molecule has 21 heavy (non-hydrogen) atoms. The highest BCUT2D eigenvalue weighted by Gasteiger charge is 2.26. The Balaban J connectivity index is 1.91. The first-order valence-corrected chi connectivity index (χ1v) is 8.48. The van der Waals surface area contributed by atoms with Gasteiger partial charge in [-0.1, -0.05) is 31.9 Å². The molecule has 2 N–H and O–H groups in total. The fourth-order valence-electron chi connectivity index (χ4n) is 3.35. The summed E-state index contributed by atoms with van der Waals surface area (Å²) in [5.41, 5.74) is 7.30. The van der Waals surface area contributed by atoms with Crippen molar-refractivity contribution >= 4 is 17.3 Å². The zero-order valence-electron chi connectivity index (χ0n) is 13.3. The predicted molar refractivity (Wildman–Crippen MR) is 92.2 cm³/mol. The monoisotopic (exact) mass is 309 g/mol. The van der Waals surface area contributed by atoms with Crippen LogP contribution in [0.25, 0.3) is 0 Å². The van der Waals surface area contributed by atoms with Gasteiger partial charge in [-0.25, -0.2) is 0 Å². The maximum Gasteiger partial charge on any atom is 0.0407 e. The van der Waals surface area contributed by atoms with Gasteiger partial charge in [-0.2, -0.15) is 0 Å². The summed E-state index contributed by atoms with van der Waals surface area (Å²) in [4.78, 5) is 5.01. The maximum atomic E-state index is 6.03. The largest absolute Gasteiger partial charge is 0.369 e. The summed E-state index contributed by atoms with van der Waals surface area (Å²) >= 11 is 5.96. The molecular weight excluding hydrogens is 282 g/mol. The number of benzene rings is 1. The van der Waals surface area contributed by atoms with Crippen LogP contribution in [0.15, 0.2) is 24.3 Å². The molecule has 1 aromatic carbocycles. The molecule has 0 amide bonds. The molecule has 1 aliphatic rings. The second-order valence-corrected chi connectivity index (χ2v) is 6.50. The van der Waals surface area contributed by atoms with Crippen LogP contribution in [-0.2, 0) is 0 Å². The molecule has 0 saturated carbocycles. The first kappa shape index (κ1) is 16.6. The third-order valence-corrected chi connectivity index (χ3v) is 4.87.